The second-order valence-corrected chi connectivity index (χ2v) is 8.75. The van der Waals surface area contributed by atoms with Gasteiger partial charge >= 0.3 is 0 Å². The lowest BCUT2D eigenvalue weighted by Gasteiger charge is -2.34. The Morgan fingerprint density at radius 2 is 2.00 bits per heavy atom. The van der Waals surface area contributed by atoms with Crippen LogP contribution >= 0.6 is 0 Å². The average molecular weight is 397 g/mol. The number of aliphatic hydroxyl groups is 3. The van der Waals surface area contributed by atoms with E-state index < -0.39 is 17.4 Å². The lowest BCUT2D eigenvalue weighted by molar-refractivity contribution is -0.131. The number of allylic oxidation sites excluding steroid dienone is 2. The molecule has 0 radical (unpaired) electrons. The first-order valence-electron chi connectivity index (χ1n) is 10.6. The summed E-state index contributed by atoms with van der Waals surface area (Å²) in [6.45, 7) is 14.1. The number of rotatable bonds is 8. The minimum atomic E-state index is -1.13. The van der Waals surface area contributed by atoms with Crippen molar-refractivity contribution in [2.24, 2.45) is 17.3 Å². The van der Waals surface area contributed by atoms with Gasteiger partial charge in [-0.3, -0.25) is 4.79 Å². The van der Waals surface area contributed by atoms with Crippen LogP contribution < -0.4 is 0 Å². The molecule has 0 bridgehead atoms. The molecule has 5 heteroatoms. The Labute approximate surface area is 170 Å². The Kier molecular flexibility index (Phi) is 9.88. The maximum atomic E-state index is 12.5. The molecule has 6 unspecified atom stereocenters. The molecule has 5 nitrogen and oxygen atoms in total. The Bertz CT molecular complexity index is 555. The van der Waals surface area contributed by atoms with Crippen molar-refractivity contribution < 1.29 is 24.9 Å². The van der Waals surface area contributed by atoms with Crippen molar-refractivity contribution in [3.63, 3.8) is 0 Å². The minimum absolute atomic E-state index is 0.0395. The Morgan fingerprint density at radius 3 is 2.50 bits per heavy atom. The molecule has 2 rings (SSSR count). The van der Waals surface area contributed by atoms with Crippen molar-refractivity contribution in [1.82, 2.24) is 0 Å². The van der Waals surface area contributed by atoms with E-state index >= 15 is 0 Å². The van der Waals surface area contributed by atoms with Gasteiger partial charge in [-0.05, 0) is 38.2 Å². The molecule has 0 saturated carbocycles. The summed E-state index contributed by atoms with van der Waals surface area (Å²) < 4.78 is 5.77. The van der Waals surface area contributed by atoms with Gasteiger partial charge in [-0.1, -0.05) is 46.3 Å². The van der Waals surface area contributed by atoms with Crippen LogP contribution in [0.2, 0.25) is 0 Å². The van der Waals surface area contributed by atoms with Gasteiger partial charge in [0.2, 0.25) is 0 Å². The summed E-state index contributed by atoms with van der Waals surface area (Å²) in [5, 5.41) is 29.6. The molecule has 1 aliphatic carbocycles. The zero-order valence-electron chi connectivity index (χ0n) is 18.3. The number of aliphatic hydroxyl groups excluding tert-OH is 3. The van der Waals surface area contributed by atoms with Crippen LogP contribution in [-0.4, -0.2) is 46.0 Å². The number of carbonyl (C=O) groups is 1. The van der Waals surface area contributed by atoms with E-state index in [2.05, 4.69) is 20.4 Å². The monoisotopic (exact) mass is 396 g/mol. The molecule has 6 atom stereocenters. The summed E-state index contributed by atoms with van der Waals surface area (Å²) in [6.07, 6.45) is 4.79. The molecular formula is C23H40O5. The van der Waals surface area contributed by atoms with Crippen LogP contribution in [0.25, 0.3) is 0 Å². The van der Waals surface area contributed by atoms with Crippen molar-refractivity contribution in [1.29, 1.82) is 0 Å². The molecule has 0 aromatic rings. The molecule has 1 fully saturated rings. The molecular weight excluding hydrogens is 356 g/mol. The first kappa shape index (κ1) is 24.9. The van der Waals surface area contributed by atoms with Crippen molar-refractivity contribution in [2.45, 2.75) is 91.5 Å². The Balaban J connectivity index is 0.00000122. The molecule has 0 amide bonds. The summed E-state index contributed by atoms with van der Waals surface area (Å²) in [5.74, 6) is -0.223. The van der Waals surface area contributed by atoms with Crippen molar-refractivity contribution in [3.05, 3.63) is 24.0 Å². The molecule has 0 aromatic carbocycles. The Hall–Kier alpha value is -1.17. The van der Waals surface area contributed by atoms with Crippen LogP contribution in [0.4, 0.5) is 0 Å². The number of ketones is 1. The highest BCUT2D eigenvalue weighted by atomic mass is 16.5. The van der Waals surface area contributed by atoms with Crippen molar-refractivity contribution >= 4 is 5.78 Å². The normalized spacial score (nSPS) is 31.5. The van der Waals surface area contributed by atoms with Gasteiger partial charge in [0.1, 0.15) is 6.10 Å². The number of hydrogen-bond donors (Lipinski definition) is 3. The first-order chi connectivity index (χ1) is 13.1. The second-order valence-electron chi connectivity index (χ2n) is 8.75. The summed E-state index contributed by atoms with van der Waals surface area (Å²) in [4.78, 5) is 12.5. The van der Waals surface area contributed by atoms with E-state index in [1.54, 1.807) is 6.08 Å². The summed E-state index contributed by atoms with van der Waals surface area (Å²) in [7, 11) is 0. The van der Waals surface area contributed by atoms with E-state index in [1.165, 1.54) is 6.42 Å². The largest absolute Gasteiger partial charge is 0.513 e. The fraction of sp³-hybridized carbons (Fsp3) is 0.783. The molecule has 162 valence electrons. The van der Waals surface area contributed by atoms with E-state index in [0.717, 1.165) is 18.4 Å². The molecule has 1 saturated heterocycles. The van der Waals surface area contributed by atoms with Crippen molar-refractivity contribution in [2.75, 3.05) is 6.61 Å². The maximum absolute atomic E-state index is 12.5. The lowest BCUT2D eigenvalue weighted by atomic mass is 9.70. The summed E-state index contributed by atoms with van der Waals surface area (Å²) in [6, 6.07) is 0. The van der Waals surface area contributed by atoms with Crippen LogP contribution in [0.15, 0.2) is 24.0 Å². The molecule has 1 aliphatic heterocycles. The number of Topliss-reactive ketones (excluding diaryl/α,β-unsaturated/α-hetero) is 1. The smallest absolute Gasteiger partial charge is 0.161 e. The van der Waals surface area contributed by atoms with Gasteiger partial charge in [-0.15, -0.1) is 0 Å². The summed E-state index contributed by atoms with van der Waals surface area (Å²) in [5.41, 5.74) is 0.362. The molecule has 3 N–H and O–H groups in total. The van der Waals surface area contributed by atoms with Gasteiger partial charge in [0, 0.05) is 24.2 Å². The fourth-order valence-electron chi connectivity index (χ4n) is 4.01. The molecule has 0 aromatic heterocycles. The topological polar surface area (TPSA) is 87.0 Å². The average Bonchev–Trinajstić information content (AvgIpc) is 3.24. The number of ether oxygens (including phenoxy) is 1. The zero-order valence-corrected chi connectivity index (χ0v) is 18.3. The van der Waals surface area contributed by atoms with E-state index in [9.17, 15) is 15.0 Å². The van der Waals surface area contributed by atoms with E-state index in [0.29, 0.717) is 12.8 Å². The van der Waals surface area contributed by atoms with Gasteiger partial charge in [0.15, 0.2) is 5.78 Å². The second kappa shape index (κ2) is 11.1. The highest BCUT2D eigenvalue weighted by Crippen LogP contribution is 2.48. The van der Waals surface area contributed by atoms with E-state index in [4.69, 9.17) is 9.84 Å². The van der Waals surface area contributed by atoms with Gasteiger partial charge < -0.3 is 20.1 Å². The SMILES string of the molecule is C=C(C)C1(C)CC(O)=CC1C(O)C(=O)CCC(C)C1CCC(CO)O1.CCC. The summed E-state index contributed by atoms with van der Waals surface area (Å²) >= 11 is 0. The third-order valence-electron chi connectivity index (χ3n) is 6.13. The van der Waals surface area contributed by atoms with Crippen LogP contribution in [0.3, 0.4) is 0 Å². The van der Waals surface area contributed by atoms with Gasteiger partial charge in [0.25, 0.3) is 0 Å². The van der Waals surface area contributed by atoms with Crippen molar-refractivity contribution in [3.8, 4) is 0 Å². The van der Waals surface area contributed by atoms with Crippen LogP contribution in [0, 0.1) is 17.3 Å². The van der Waals surface area contributed by atoms with Crippen LogP contribution in [-0.2, 0) is 9.53 Å². The van der Waals surface area contributed by atoms with Gasteiger partial charge in [-0.25, -0.2) is 0 Å². The Morgan fingerprint density at radius 1 is 1.39 bits per heavy atom. The van der Waals surface area contributed by atoms with E-state index in [1.807, 2.05) is 20.8 Å². The fourth-order valence-corrected chi connectivity index (χ4v) is 4.01. The lowest BCUT2D eigenvalue weighted by Crippen LogP contribution is -2.38. The third-order valence-corrected chi connectivity index (χ3v) is 6.13. The third kappa shape index (κ3) is 6.16. The molecule has 28 heavy (non-hydrogen) atoms. The number of hydrogen-bond acceptors (Lipinski definition) is 5. The number of carbonyl (C=O) groups excluding carboxylic acids is 1. The minimum Gasteiger partial charge on any atom is -0.513 e. The highest BCUT2D eigenvalue weighted by Gasteiger charge is 2.45. The predicted octanol–water partition coefficient (Wildman–Crippen LogP) is 4.33. The quantitative estimate of drug-likeness (QED) is 0.532. The first-order valence-corrected chi connectivity index (χ1v) is 10.6. The van der Waals surface area contributed by atoms with Gasteiger partial charge in [-0.2, -0.15) is 0 Å². The van der Waals surface area contributed by atoms with Crippen LogP contribution in [0.1, 0.15) is 73.1 Å². The standard InChI is InChI=1S/C20H32O5.C3H8/c1-12(2)20(4)10-14(22)9-16(20)19(24)17(23)7-5-13(3)18-8-6-15(11-21)25-18;1-3-2/h9,13,15-16,18-19,21-22,24H,1,5-8,10-11H2,2-4H3;3H2,1-2H3. The molecule has 1 heterocycles. The maximum Gasteiger partial charge on any atom is 0.161 e. The van der Waals surface area contributed by atoms with E-state index in [-0.39, 0.29) is 42.7 Å². The molecule has 2 aliphatic rings. The van der Waals surface area contributed by atoms with Gasteiger partial charge in [0.05, 0.1) is 24.6 Å². The van der Waals surface area contributed by atoms with Crippen LogP contribution in [0.5, 0.6) is 0 Å². The molecule has 0 spiro atoms. The zero-order chi connectivity index (χ0) is 21.5. The predicted molar refractivity (Wildman–Crippen MR) is 112 cm³/mol. The highest BCUT2D eigenvalue weighted by molar-refractivity contribution is 5.83.